The van der Waals surface area contributed by atoms with Gasteiger partial charge in [-0.15, -0.1) is 10.2 Å². The average molecular weight is 273 g/mol. The maximum atomic E-state index is 6.13. The molecular formula is C14H19N5O. The molecule has 1 aromatic carbocycles. The highest BCUT2D eigenvalue weighted by molar-refractivity contribution is 5.61. The summed E-state index contributed by atoms with van der Waals surface area (Å²) < 4.78 is 7.54. The lowest BCUT2D eigenvalue weighted by atomic mass is 10.0. The number of anilines is 1. The van der Waals surface area contributed by atoms with Gasteiger partial charge in [-0.3, -0.25) is 0 Å². The molecule has 0 saturated carbocycles. The number of hydrogen-bond donors (Lipinski definition) is 1. The van der Waals surface area contributed by atoms with Crippen LogP contribution in [0, 0.1) is 0 Å². The smallest absolute Gasteiger partial charge is 0.152 e. The van der Waals surface area contributed by atoms with E-state index < -0.39 is 0 Å². The summed E-state index contributed by atoms with van der Waals surface area (Å²) in [4.78, 5) is 2.28. The molecule has 1 unspecified atom stereocenters. The second-order valence-corrected chi connectivity index (χ2v) is 5.04. The van der Waals surface area contributed by atoms with Crippen LogP contribution in [0.2, 0.25) is 0 Å². The summed E-state index contributed by atoms with van der Waals surface area (Å²) in [6, 6.07) is 5.96. The normalized spacial score (nSPS) is 15.8. The molecule has 20 heavy (non-hydrogen) atoms. The maximum absolute atomic E-state index is 6.13. The standard InChI is InChI=1S/C14H19N5O/c1-10(15)14-11(4-3-5-12(14)20-2)18-6-7-19-9-16-17-13(19)8-18/h3-5,9-10H,6-8,15H2,1-2H3. The minimum absolute atomic E-state index is 0.0825. The fourth-order valence-corrected chi connectivity index (χ4v) is 2.72. The largest absolute Gasteiger partial charge is 0.496 e. The highest BCUT2D eigenvalue weighted by Crippen LogP contribution is 2.34. The minimum Gasteiger partial charge on any atom is -0.496 e. The summed E-state index contributed by atoms with van der Waals surface area (Å²) in [5.74, 6) is 1.82. The van der Waals surface area contributed by atoms with Gasteiger partial charge >= 0.3 is 0 Å². The molecule has 1 aliphatic heterocycles. The Kier molecular flexibility index (Phi) is 3.31. The van der Waals surface area contributed by atoms with Crippen molar-refractivity contribution in [3.63, 3.8) is 0 Å². The Morgan fingerprint density at radius 3 is 2.95 bits per heavy atom. The van der Waals surface area contributed by atoms with Crippen molar-refractivity contribution in [2.75, 3.05) is 18.6 Å². The van der Waals surface area contributed by atoms with Crippen LogP contribution >= 0.6 is 0 Å². The lowest BCUT2D eigenvalue weighted by molar-refractivity contribution is 0.406. The van der Waals surface area contributed by atoms with Crippen molar-refractivity contribution in [2.24, 2.45) is 5.73 Å². The van der Waals surface area contributed by atoms with E-state index in [1.807, 2.05) is 19.1 Å². The zero-order valence-corrected chi connectivity index (χ0v) is 11.8. The molecule has 0 saturated heterocycles. The molecular weight excluding hydrogens is 254 g/mol. The molecule has 1 aliphatic rings. The predicted octanol–water partition coefficient (Wildman–Crippen LogP) is 1.33. The van der Waals surface area contributed by atoms with Crippen molar-refractivity contribution in [1.82, 2.24) is 14.8 Å². The molecule has 106 valence electrons. The third-order valence-corrected chi connectivity index (χ3v) is 3.70. The molecule has 0 radical (unpaired) electrons. The first-order chi connectivity index (χ1) is 9.70. The molecule has 0 aliphatic carbocycles. The molecule has 1 atom stereocenters. The van der Waals surface area contributed by atoms with E-state index in [1.54, 1.807) is 13.4 Å². The van der Waals surface area contributed by atoms with E-state index in [0.29, 0.717) is 0 Å². The number of rotatable bonds is 3. The summed E-state index contributed by atoms with van der Waals surface area (Å²) in [7, 11) is 1.68. The van der Waals surface area contributed by atoms with E-state index >= 15 is 0 Å². The lowest BCUT2D eigenvalue weighted by Gasteiger charge is -2.32. The summed E-state index contributed by atoms with van der Waals surface area (Å²) in [6.45, 7) is 4.52. The van der Waals surface area contributed by atoms with Crippen LogP contribution in [0.4, 0.5) is 5.69 Å². The summed E-state index contributed by atoms with van der Waals surface area (Å²) >= 11 is 0. The van der Waals surface area contributed by atoms with Crippen molar-refractivity contribution in [2.45, 2.75) is 26.1 Å². The van der Waals surface area contributed by atoms with Crippen LogP contribution in [0.25, 0.3) is 0 Å². The third kappa shape index (κ3) is 2.12. The molecule has 2 heterocycles. The number of ether oxygens (including phenoxy) is 1. The maximum Gasteiger partial charge on any atom is 0.152 e. The first kappa shape index (κ1) is 12.9. The van der Waals surface area contributed by atoms with E-state index in [2.05, 4.69) is 25.7 Å². The Labute approximate surface area is 118 Å². The van der Waals surface area contributed by atoms with Crippen molar-refractivity contribution in [1.29, 1.82) is 0 Å². The van der Waals surface area contributed by atoms with Gasteiger partial charge < -0.3 is 19.9 Å². The highest BCUT2D eigenvalue weighted by Gasteiger charge is 2.22. The lowest BCUT2D eigenvalue weighted by Crippen LogP contribution is -2.34. The van der Waals surface area contributed by atoms with Gasteiger partial charge in [-0.2, -0.15) is 0 Å². The van der Waals surface area contributed by atoms with Gasteiger partial charge in [0.2, 0.25) is 0 Å². The van der Waals surface area contributed by atoms with Gasteiger partial charge in [0.25, 0.3) is 0 Å². The van der Waals surface area contributed by atoms with Gasteiger partial charge in [0.05, 0.1) is 13.7 Å². The number of methoxy groups -OCH3 is 1. The monoisotopic (exact) mass is 273 g/mol. The number of fused-ring (bicyclic) bond motifs is 1. The summed E-state index contributed by atoms with van der Waals surface area (Å²) in [6.07, 6.45) is 1.78. The van der Waals surface area contributed by atoms with Crippen LogP contribution < -0.4 is 15.4 Å². The van der Waals surface area contributed by atoms with Crippen LogP contribution in [0.3, 0.4) is 0 Å². The molecule has 0 bridgehead atoms. The summed E-state index contributed by atoms with van der Waals surface area (Å²) in [5, 5.41) is 8.12. The molecule has 6 nitrogen and oxygen atoms in total. The second kappa shape index (κ2) is 5.13. The molecule has 3 rings (SSSR count). The van der Waals surface area contributed by atoms with E-state index in [-0.39, 0.29) is 6.04 Å². The zero-order chi connectivity index (χ0) is 14.1. The van der Waals surface area contributed by atoms with Crippen LogP contribution in [0.1, 0.15) is 24.4 Å². The van der Waals surface area contributed by atoms with Gasteiger partial charge in [0, 0.05) is 30.4 Å². The Hall–Kier alpha value is -2.08. The Morgan fingerprint density at radius 2 is 2.20 bits per heavy atom. The molecule has 0 spiro atoms. The summed E-state index contributed by atoms with van der Waals surface area (Å²) in [5.41, 5.74) is 8.30. The van der Waals surface area contributed by atoms with Crippen molar-refractivity contribution in [3.8, 4) is 5.75 Å². The van der Waals surface area contributed by atoms with E-state index in [1.165, 1.54) is 0 Å². The number of nitrogens with zero attached hydrogens (tertiary/aromatic N) is 4. The number of aromatic nitrogens is 3. The fraction of sp³-hybridized carbons (Fsp3) is 0.429. The average Bonchev–Trinajstić information content (AvgIpc) is 2.93. The number of benzene rings is 1. The minimum atomic E-state index is -0.0825. The number of nitrogens with two attached hydrogens (primary N) is 1. The van der Waals surface area contributed by atoms with Gasteiger partial charge in [0.15, 0.2) is 5.82 Å². The molecule has 2 aromatic rings. The second-order valence-electron chi connectivity index (χ2n) is 5.04. The highest BCUT2D eigenvalue weighted by atomic mass is 16.5. The van der Waals surface area contributed by atoms with Crippen molar-refractivity contribution in [3.05, 3.63) is 35.9 Å². The molecule has 1 aromatic heterocycles. The predicted molar refractivity (Wildman–Crippen MR) is 76.7 cm³/mol. The van der Waals surface area contributed by atoms with Gasteiger partial charge in [-0.25, -0.2) is 0 Å². The third-order valence-electron chi connectivity index (χ3n) is 3.70. The van der Waals surface area contributed by atoms with E-state index in [0.717, 1.165) is 42.5 Å². The quantitative estimate of drug-likeness (QED) is 0.913. The van der Waals surface area contributed by atoms with Crippen LogP contribution in [-0.4, -0.2) is 28.4 Å². The molecule has 0 fully saturated rings. The van der Waals surface area contributed by atoms with Crippen LogP contribution in [-0.2, 0) is 13.1 Å². The first-order valence-corrected chi connectivity index (χ1v) is 6.75. The van der Waals surface area contributed by atoms with Gasteiger partial charge in [-0.05, 0) is 19.1 Å². The number of hydrogen-bond acceptors (Lipinski definition) is 5. The van der Waals surface area contributed by atoms with Crippen molar-refractivity contribution < 1.29 is 4.74 Å². The van der Waals surface area contributed by atoms with E-state index in [9.17, 15) is 0 Å². The first-order valence-electron chi connectivity index (χ1n) is 6.75. The topological polar surface area (TPSA) is 69.2 Å². The molecule has 0 amide bonds. The van der Waals surface area contributed by atoms with E-state index in [4.69, 9.17) is 10.5 Å². The SMILES string of the molecule is COc1cccc(N2CCn3cnnc3C2)c1C(C)N. The van der Waals surface area contributed by atoms with Crippen LogP contribution in [0.15, 0.2) is 24.5 Å². The van der Waals surface area contributed by atoms with Gasteiger partial charge in [0.1, 0.15) is 12.1 Å². The molecule has 6 heteroatoms. The fourth-order valence-electron chi connectivity index (χ4n) is 2.72. The van der Waals surface area contributed by atoms with Crippen LogP contribution in [0.5, 0.6) is 5.75 Å². The molecule has 2 N–H and O–H groups in total. The Balaban J connectivity index is 1.99. The van der Waals surface area contributed by atoms with Crippen molar-refractivity contribution >= 4 is 5.69 Å². The Bertz CT molecular complexity index is 607. The Morgan fingerprint density at radius 1 is 1.35 bits per heavy atom. The van der Waals surface area contributed by atoms with Gasteiger partial charge in [-0.1, -0.05) is 6.07 Å². The zero-order valence-electron chi connectivity index (χ0n) is 11.8.